The maximum atomic E-state index is 10.6. The molecule has 0 aliphatic carbocycles. The van der Waals surface area contributed by atoms with Crippen molar-refractivity contribution in [3.8, 4) is 11.5 Å². The molecule has 0 amide bonds. The molecule has 3 N–H and O–H groups in total. The van der Waals surface area contributed by atoms with Crippen LogP contribution < -0.4 is 15.3 Å². The summed E-state index contributed by atoms with van der Waals surface area (Å²) in [6.45, 7) is 4.08. The second-order valence-corrected chi connectivity index (χ2v) is 4.76. The van der Waals surface area contributed by atoms with E-state index in [2.05, 4.69) is 11.7 Å². The van der Waals surface area contributed by atoms with E-state index in [4.69, 9.17) is 25.2 Å². The van der Waals surface area contributed by atoms with Gasteiger partial charge in [0.2, 0.25) is 0 Å². The summed E-state index contributed by atoms with van der Waals surface area (Å²) in [6, 6.07) is 9.78. The fraction of sp³-hybridized carbons (Fsp3) is 0.176. The van der Waals surface area contributed by atoms with Crippen LogP contribution in [0.3, 0.4) is 0 Å². The van der Waals surface area contributed by atoms with E-state index in [1.54, 1.807) is 19.4 Å². The third-order valence-corrected chi connectivity index (χ3v) is 2.99. The SMILES string of the molecule is C=CCOc1c(OC)ccc2ccc(C=NN)cc12.O=C(O)C(F)(F)F. The quantitative estimate of drug-likeness (QED) is 0.364. The van der Waals surface area contributed by atoms with Crippen molar-refractivity contribution in [2.75, 3.05) is 13.7 Å². The molecule has 0 saturated carbocycles. The number of fused-ring (bicyclic) bond motifs is 1. The van der Waals surface area contributed by atoms with Crippen LogP contribution in [0.15, 0.2) is 48.1 Å². The molecule has 0 aromatic heterocycles. The maximum absolute atomic E-state index is 10.6. The fourth-order valence-electron chi connectivity index (χ4n) is 1.91. The van der Waals surface area contributed by atoms with Gasteiger partial charge in [-0.25, -0.2) is 4.79 Å². The lowest BCUT2D eigenvalue weighted by atomic mass is 10.1. The molecule has 0 heterocycles. The lowest BCUT2D eigenvalue weighted by Gasteiger charge is -2.12. The zero-order chi connectivity index (χ0) is 19.7. The highest BCUT2D eigenvalue weighted by molar-refractivity contribution is 5.95. The number of ether oxygens (including phenoxy) is 2. The van der Waals surface area contributed by atoms with Gasteiger partial charge in [0.25, 0.3) is 0 Å². The molecule has 0 fully saturated rings. The van der Waals surface area contributed by atoms with E-state index in [1.165, 1.54) is 0 Å². The number of benzene rings is 2. The summed E-state index contributed by atoms with van der Waals surface area (Å²) in [6.07, 6.45) is -1.79. The van der Waals surface area contributed by atoms with Gasteiger partial charge in [0.15, 0.2) is 11.5 Å². The van der Waals surface area contributed by atoms with Gasteiger partial charge < -0.3 is 20.4 Å². The molecule has 2 aromatic rings. The number of rotatable bonds is 5. The Labute approximate surface area is 147 Å². The highest BCUT2D eigenvalue weighted by Crippen LogP contribution is 2.36. The molecule has 9 heteroatoms. The number of hydrogen-bond acceptors (Lipinski definition) is 5. The van der Waals surface area contributed by atoms with Crippen LogP contribution in [0.5, 0.6) is 11.5 Å². The minimum atomic E-state index is -5.08. The minimum absolute atomic E-state index is 0.421. The average molecular weight is 370 g/mol. The van der Waals surface area contributed by atoms with E-state index in [0.717, 1.165) is 16.3 Å². The molecule has 0 unspecified atom stereocenters. The normalized spacial score (nSPS) is 10.9. The van der Waals surface area contributed by atoms with Crippen molar-refractivity contribution in [3.63, 3.8) is 0 Å². The standard InChI is InChI=1S/C15H16N2O2.C2HF3O2/c1-3-8-19-15-13-9-11(10-17-16)4-5-12(13)6-7-14(15)18-2;3-2(4,5)1(6)7/h3-7,9-10H,1,8,16H2,2H3;(H,6,7). The van der Waals surface area contributed by atoms with Gasteiger partial charge in [-0.1, -0.05) is 30.9 Å². The van der Waals surface area contributed by atoms with Gasteiger partial charge in [-0.3, -0.25) is 0 Å². The molecule has 0 aliphatic rings. The Balaban J connectivity index is 0.000000412. The third-order valence-electron chi connectivity index (χ3n) is 2.99. The average Bonchev–Trinajstić information content (AvgIpc) is 2.59. The Morgan fingerprint density at radius 2 is 1.96 bits per heavy atom. The van der Waals surface area contributed by atoms with Crippen molar-refractivity contribution in [2.24, 2.45) is 10.9 Å². The van der Waals surface area contributed by atoms with Crippen LogP contribution in [0.2, 0.25) is 0 Å². The Hall–Kier alpha value is -3.23. The number of hydrogen-bond donors (Lipinski definition) is 2. The molecule has 0 bridgehead atoms. The van der Waals surface area contributed by atoms with Crippen LogP contribution in [-0.2, 0) is 4.79 Å². The van der Waals surface area contributed by atoms with E-state index in [9.17, 15) is 13.2 Å². The Morgan fingerprint density at radius 1 is 1.35 bits per heavy atom. The molecule has 2 aromatic carbocycles. The Kier molecular flexibility index (Phi) is 7.45. The maximum Gasteiger partial charge on any atom is 0.490 e. The van der Waals surface area contributed by atoms with Crippen molar-refractivity contribution in [1.82, 2.24) is 0 Å². The molecule has 0 aliphatic heterocycles. The Bertz CT molecular complexity index is 804. The first kappa shape index (κ1) is 20.8. The summed E-state index contributed by atoms with van der Waals surface area (Å²) in [7, 11) is 1.62. The van der Waals surface area contributed by atoms with E-state index in [0.29, 0.717) is 18.1 Å². The number of carboxylic acids is 1. The van der Waals surface area contributed by atoms with Crippen LogP contribution in [0, 0.1) is 0 Å². The summed E-state index contributed by atoms with van der Waals surface area (Å²) in [5.74, 6) is 3.81. The predicted octanol–water partition coefficient (Wildman–Crippen LogP) is 3.34. The number of methoxy groups -OCH3 is 1. The molecule has 0 saturated heterocycles. The minimum Gasteiger partial charge on any atom is -0.493 e. The van der Waals surface area contributed by atoms with Gasteiger partial charge >= 0.3 is 12.1 Å². The van der Waals surface area contributed by atoms with Gasteiger partial charge in [-0.15, -0.1) is 0 Å². The summed E-state index contributed by atoms with van der Waals surface area (Å²) >= 11 is 0. The van der Waals surface area contributed by atoms with Gasteiger partial charge in [0, 0.05) is 5.39 Å². The summed E-state index contributed by atoms with van der Waals surface area (Å²) in [5, 5.41) is 12.7. The predicted molar refractivity (Wildman–Crippen MR) is 91.7 cm³/mol. The zero-order valence-electron chi connectivity index (χ0n) is 13.8. The van der Waals surface area contributed by atoms with Crippen LogP contribution >= 0.6 is 0 Å². The van der Waals surface area contributed by atoms with Crippen LogP contribution in [0.4, 0.5) is 13.2 Å². The van der Waals surface area contributed by atoms with Gasteiger partial charge in [-0.2, -0.15) is 18.3 Å². The zero-order valence-corrected chi connectivity index (χ0v) is 13.8. The number of hydrazone groups is 1. The van der Waals surface area contributed by atoms with Crippen LogP contribution in [0.25, 0.3) is 10.8 Å². The fourth-order valence-corrected chi connectivity index (χ4v) is 1.91. The highest BCUT2D eigenvalue weighted by atomic mass is 19.4. The second-order valence-electron chi connectivity index (χ2n) is 4.76. The molecular weight excluding hydrogens is 353 g/mol. The largest absolute Gasteiger partial charge is 0.493 e. The lowest BCUT2D eigenvalue weighted by molar-refractivity contribution is -0.192. The van der Waals surface area contributed by atoms with Crippen molar-refractivity contribution in [1.29, 1.82) is 0 Å². The topological polar surface area (TPSA) is 94.1 Å². The van der Waals surface area contributed by atoms with E-state index in [1.807, 2.05) is 30.3 Å². The van der Waals surface area contributed by atoms with Gasteiger partial charge in [0.1, 0.15) is 6.61 Å². The summed E-state index contributed by atoms with van der Waals surface area (Å²) < 4.78 is 42.8. The van der Waals surface area contributed by atoms with Crippen LogP contribution in [-0.4, -0.2) is 37.2 Å². The third kappa shape index (κ3) is 5.69. The molecule has 140 valence electrons. The molecule has 2 rings (SSSR count). The molecule has 26 heavy (non-hydrogen) atoms. The number of carbonyl (C=O) groups is 1. The molecular formula is C17H17F3N2O4. The second kappa shape index (κ2) is 9.30. The van der Waals surface area contributed by atoms with Gasteiger partial charge in [0.05, 0.1) is 13.3 Å². The van der Waals surface area contributed by atoms with E-state index >= 15 is 0 Å². The number of carboxylic acid groups (broad SMARTS) is 1. The van der Waals surface area contributed by atoms with Crippen molar-refractivity contribution >= 4 is 23.0 Å². The van der Waals surface area contributed by atoms with E-state index in [-0.39, 0.29) is 0 Å². The van der Waals surface area contributed by atoms with Crippen molar-refractivity contribution in [2.45, 2.75) is 6.18 Å². The molecule has 6 nitrogen and oxygen atoms in total. The molecule has 0 radical (unpaired) electrons. The smallest absolute Gasteiger partial charge is 0.490 e. The molecule has 0 spiro atoms. The summed E-state index contributed by atoms with van der Waals surface area (Å²) in [4.78, 5) is 8.90. The number of nitrogens with zero attached hydrogens (tertiary/aromatic N) is 1. The van der Waals surface area contributed by atoms with Gasteiger partial charge in [-0.05, 0) is 23.1 Å². The number of aliphatic carboxylic acids is 1. The first-order chi connectivity index (χ1) is 12.2. The first-order valence-electron chi connectivity index (χ1n) is 7.12. The first-order valence-corrected chi connectivity index (χ1v) is 7.12. The number of nitrogens with two attached hydrogens (primary N) is 1. The van der Waals surface area contributed by atoms with E-state index < -0.39 is 12.1 Å². The lowest BCUT2D eigenvalue weighted by Crippen LogP contribution is -2.21. The monoisotopic (exact) mass is 370 g/mol. The number of halogens is 3. The van der Waals surface area contributed by atoms with Crippen molar-refractivity contribution in [3.05, 3.63) is 48.6 Å². The number of alkyl halides is 3. The highest BCUT2D eigenvalue weighted by Gasteiger charge is 2.38. The Morgan fingerprint density at radius 3 is 2.46 bits per heavy atom. The summed E-state index contributed by atoms with van der Waals surface area (Å²) in [5.41, 5.74) is 0.909. The van der Waals surface area contributed by atoms with Crippen molar-refractivity contribution < 1.29 is 32.5 Å². The van der Waals surface area contributed by atoms with Crippen LogP contribution in [0.1, 0.15) is 5.56 Å². The molecule has 0 atom stereocenters.